The third kappa shape index (κ3) is 2.40. The van der Waals surface area contributed by atoms with Crippen LogP contribution in [0, 0.1) is 0 Å². The van der Waals surface area contributed by atoms with Crippen LogP contribution in [0.3, 0.4) is 0 Å². The van der Waals surface area contributed by atoms with Crippen molar-refractivity contribution < 1.29 is 23.1 Å². The van der Waals surface area contributed by atoms with Crippen molar-refractivity contribution in [3.05, 3.63) is 0 Å². The van der Waals surface area contributed by atoms with Crippen molar-refractivity contribution in [2.24, 2.45) is 0 Å². The molecule has 0 aromatic rings. The Balaban J connectivity index is 2.50. The lowest BCUT2D eigenvalue weighted by atomic mass is 10.1. The highest BCUT2D eigenvalue weighted by Crippen LogP contribution is 2.27. The fraction of sp³-hybridized carbons (Fsp3) is 0.750. The highest BCUT2D eigenvalue weighted by molar-refractivity contribution is 6.32. The molecule has 1 fully saturated rings. The van der Waals surface area contributed by atoms with Crippen LogP contribution in [0.2, 0.25) is 0 Å². The van der Waals surface area contributed by atoms with Crippen LogP contribution in [0.5, 0.6) is 0 Å². The molecule has 80 valence electrons. The number of piperidine rings is 1. The molecule has 0 radical (unpaired) electrons. The van der Waals surface area contributed by atoms with Gasteiger partial charge in [-0.15, -0.1) is 0 Å². The maximum Gasteiger partial charge on any atom is 0.396 e. The van der Waals surface area contributed by atoms with Crippen LogP contribution in [0.1, 0.15) is 12.8 Å². The number of esters is 1. The predicted octanol–water partition coefficient (Wildman–Crippen LogP) is 0.417. The second-order valence-electron chi connectivity index (χ2n) is 3.14. The van der Waals surface area contributed by atoms with Gasteiger partial charge in [-0.1, -0.05) is 0 Å². The first kappa shape index (κ1) is 10.9. The van der Waals surface area contributed by atoms with E-state index in [9.17, 15) is 18.4 Å². The van der Waals surface area contributed by atoms with E-state index >= 15 is 0 Å². The van der Waals surface area contributed by atoms with Gasteiger partial charge >= 0.3 is 11.9 Å². The second-order valence-corrected chi connectivity index (χ2v) is 3.14. The molecule has 1 saturated heterocycles. The van der Waals surface area contributed by atoms with Gasteiger partial charge < -0.3 is 9.64 Å². The smallest absolute Gasteiger partial charge is 0.396 e. The minimum Gasteiger partial charge on any atom is -0.462 e. The second kappa shape index (κ2) is 3.89. The summed E-state index contributed by atoms with van der Waals surface area (Å²) in [7, 11) is 1.08. The van der Waals surface area contributed by atoms with Gasteiger partial charge in [0.2, 0.25) is 0 Å². The number of nitrogens with zero attached hydrogens (tertiary/aromatic N) is 1. The van der Waals surface area contributed by atoms with E-state index in [0.29, 0.717) is 0 Å². The Morgan fingerprint density at radius 2 is 1.79 bits per heavy atom. The summed E-state index contributed by atoms with van der Waals surface area (Å²) >= 11 is 0. The Morgan fingerprint density at radius 3 is 2.21 bits per heavy atom. The SMILES string of the molecule is COC(=O)C(=O)N1CCC(F)(F)CC1. The average molecular weight is 207 g/mol. The van der Waals surface area contributed by atoms with E-state index in [4.69, 9.17) is 0 Å². The van der Waals surface area contributed by atoms with E-state index in [1.807, 2.05) is 0 Å². The van der Waals surface area contributed by atoms with E-state index < -0.39 is 30.6 Å². The third-order valence-electron chi connectivity index (χ3n) is 2.14. The van der Waals surface area contributed by atoms with Gasteiger partial charge in [0.1, 0.15) is 0 Å². The summed E-state index contributed by atoms with van der Waals surface area (Å²) in [6.45, 7) is -0.193. The zero-order valence-electron chi connectivity index (χ0n) is 7.76. The topological polar surface area (TPSA) is 46.6 Å². The van der Waals surface area contributed by atoms with Crippen LogP contribution in [-0.2, 0) is 14.3 Å². The summed E-state index contributed by atoms with van der Waals surface area (Å²) in [4.78, 5) is 23.0. The summed E-state index contributed by atoms with van der Waals surface area (Å²) in [6.07, 6.45) is -0.786. The van der Waals surface area contributed by atoms with Gasteiger partial charge in [0.15, 0.2) is 0 Å². The maximum absolute atomic E-state index is 12.7. The largest absolute Gasteiger partial charge is 0.462 e. The number of halogens is 2. The number of ether oxygens (including phenoxy) is 1. The molecule has 14 heavy (non-hydrogen) atoms. The number of rotatable bonds is 0. The van der Waals surface area contributed by atoms with Crippen molar-refractivity contribution in [2.45, 2.75) is 18.8 Å². The Kier molecular flexibility index (Phi) is 3.03. The quantitative estimate of drug-likeness (QED) is 0.427. The highest BCUT2D eigenvalue weighted by Gasteiger charge is 2.37. The molecule has 1 rings (SSSR count). The van der Waals surface area contributed by atoms with Crippen molar-refractivity contribution in [3.63, 3.8) is 0 Å². The van der Waals surface area contributed by atoms with Crippen LogP contribution in [0.25, 0.3) is 0 Å². The molecule has 1 amide bonds. The Labute approximate surface area is 79.8 Å². The van der Waals surface area contributed by atoms with Gasteiger partial charge in [0, 0.05) is 25.9 Å². The van der Waals surface area contributed by atoms with E-state index in [2.05, 4.69) is 4.74 Å². The van der Waals surface area contributed by atoms with Gasteiger partial charge in [-0.3, -0.25) is 4.79 Å². The summed E-state index contributed by atoms with van der Waals surface area (Å²) < 4.78 is 29.5. The average Bonchev–Trinajstić information content (AvgIpc) is 2.15. The number of hydrogen-bond acceptors (Lipinski definition) is 3. The van der Waals surface area contributed by atoms with Crippen molar-refractivity contribution in [3.8, 4) is 0 Å². The summed E-state index contributed by atoms with van der Waals surface area (Å²) in [6, 6.07) is 0. The molecule has 4 nitrogen and oxygen atoms in total. The molecule has 0 saturated carbocycles. The van der Waals surface area contributed by atoms with Crippen LogP contribution < -0.4 is 0 Å². The fourth-order valence-corrected chi connectivity index (χ4v) is 1.25. The van der Waals surface area contributed by atoms with Gasteiger partial charge in [-0.05, 0) is 0 Å². The first-order valence-electron chi connectivity index (χ1n) is 4.21. The number of amides is 1. The molecule has 0 N–H and O–H groups in total. The lowest BCUT2D eigenvalue weighted by molar-refractivity contribution is -0.161. The molecule has 0 bridgehead atoms. The lowest BCUT2D eigenvalue weighted by Gasteiger charge is -2.30. The maximum atomic E-state index is 12.7. The summed E-state index contributed by atoms with van der Waals surface area (Å²) in [5.74, 6) is -4.56. The van der Waals surface area contributed by atoms with E-state index in [-0.39, 0.29) is 13.1 Å². The molecular formula is C8H11F2NO3. The molecule has 6 heteroatoms. The molecule has 0 unspecified atom stereocenters. The van der Waals surface area contributed by atoms with E-state index in [1.54, 1.807) is 0 Å². The van der Waals surface area contributed by atoms with Crippen LogP contribution in [-0.4, -0.2) is 42.9 Å². The van der Waals surface area contributed by atoms with Crippen LogP contribution >= 0.6 is 0 Å². The third-order valence-corrected chi connectivity index (χ3v) is 2.14. The van der Waals surface area contributed by atoms with Crippen LogP contribution in [0.4, 0.5) is 8.78 Å². The van der Waals surface area contributed by atoms with E-state index in [1.165, 1.54) is 0 Å². The van der Waals surface area contributed by atoms with Crippen molar-refractivity contribution in [2.75, 3.05) is 20.2 Å². The van der Waals surface area contributed by atoms with Gasteiger partial charge in [-0.2, -0.15) is 0 Å². The fourth-order valence-electron chi connectivity index (χ4n) is 1.25. The molecule has 1 aliphatic heterocycles. The monoisotopic (exact) mass is 207 g/mol. The van der Waals surface area contributed by atoms with Crippen molar-refractivity contribution in [1.29, 1.82) is 0 Å². The summed E-state index contributed by atoms with van der Waals surface area (Å²) in [5, 5.41) is 0. The first-order chi connectivity index (χ1) is 6.46. The lowest BCUT2D eigenvalue weighted by Crippen LogP contribution is -2.45. The number of carbonyl (C=O) groups is 2. The minimum absolute atomic E-state index is 0.0963. The molecule has 0 atom stereocenters. The zero-order valence-corrected chi connectivity index (χ0v) is 7.76. The molecule has 1 heterocycles. The summed E-state index contributed by atoms with van der Waals surface area (Å²) in [5.41, 5.74) is 0. The zero-order chi connectivity index (χ0) is 10.8. The van der Waals surface area contributed by atoms with Gasteiger partial charge in [-0.25, -0.2) is 13.6 Å². The molecule has 0 aliphatic carbocycles. The number of likely N-dealkylation sites (tertiary alicyclic amines) is 1. The van der Waals surface area contributed by atoms with Crippen molar-refractivity contribution in [1.82, 2.24) is 4.90 Å². The standard InChI is InChI=1S/C8H11F2NO3/c1-14-7(13)6(12)11-4-2-8(9,10)3-5-11/h2-5H2,1H3. The number of hydrogen-bond donors (Lipinski definition) is 0. The molecule has 0 aromatic heterocycles. The highest BCUT2D eigenvalue weighted by atomic mass is 19.3. The van der Waals surface area contributed by atoms with Crippen LogP contribution in [0.15, 0.2) is 0 Å². The number of carbonyl (C=O) groups excluding carboxylic acids is 2. The molecule has 0 spiro atoms. The Bertz CT molecular complexity index is 245. The van der Waals surface area contributed by atoms with Crippen molar-refractivity contribution >= 4 is 11.9 Å². The molecule has 0 aromatic carbocycles. The molecule has 1 aliphatic rings. The number of methoxy groups -OCH3 is 1. The molecular weight excluding hydrogens is 196 g/mol. The predicted molar refractivity (Wildman–Crippen MR) is 42.8 cm³/mol. The number of alkyl halides is 2. The van der Waals surface area contributed by atoms with Gasteiger partial charge in [0.25, 0.3) is 5.92 Å². The normalized spacial score (nSPS) is 20.4. The first-order valence-corrected chi connectivity index (χ1v) is 4.21. The van der Waals surface area contributed by atoms with Gasteiger partial charge in [0.05, 0.1) is 7.11 Å². The Morgan fingerprint density at radius 1 is 1.29 bits per heavy atom. The van der Waals surface area contributed by atoms with E-state index in [0.717, 1.165) is 12.0 Å². The minimum atomic E-state index is -2.72. The Hall–Kier alpha value is -1.20.